The SMILES string of the molecule is CCCCC1=NNCN1C(Cl)(Cl)Cl. The molecule has 0 aromatic rings. The zero-order chi connectivity index (χ0) is 9.90. The molecule has 0 unspecified atom stereocenters. The van der Waals surface area contributed by atoms with Crippen LogP contribution in [0.1, 0.15) is 26.2 Å². The summed E-state index contributed by atoms with van der Waals surface area (Å²) in [6, 6.07) is 0. The third-order valence-electron chi connectivity index (χ3n) is 1.81. The molecular weight excluding hydrogens is 232 g/mol. The lowest BCUT2D eigenvalue weighted by atomic mass is 10.2. The molecule has 0 fully saturated rings. The molecule has 0 bridgehead atoms. The number of halogens is 3. The molecule has 0 saturated carbocycles. The first-order valence-electron chi connectivity index (χ1n) is 4.19. The van der Waals surface area contributed by atoms with Gasteiger partial charge in [0.05, 0.1) is 0 Å². The number of nitrogens with one attached hydrogen (secondary N) is 1. The topological polar surface area (TPSA) is 27.6 Å². The summed E-state index contributed by atoms with van der Waals surface area (Å²) in [6.45, 7) is 2.58. The van der Waals surface area contributed by atoms with Crippen molar-refractivity contribution in [3.05, 3.63) is 0 Å². The summed E-state index contributed by atoms with van der Waals surface area (Å²) >= 11 is 17.2. The highest BCUT2D eigenvalue weighted by Gasteiger charge is 2.34. The Labute approximate surface area is 93.0 Å². The van der Waals surface area contributed by atoms with Crippen LogP contribution in [0.15, 0.2) is 5.10 Å². The summed E-state index contributed by atoms with van der Waals surface area (Å²) in [5.41, 5.74) is 2.80. The maximum Gasteiger partial charge on any atom is 0.270 e. The summed E-state index contributed by atoms with van der Waals surface area (Å²) < 4.78 is -1.39. The van der Waals surface area contributed by atoms with Crippen molar-refractivity contribution in [3.8, 4) is 0 Å². The Balaban J connectivity index is 2.53. The van der Waals surface area contributed by atoms with Crippen molar-refractivity contribution in [1.29, 1.82) is 0 Å². The van der Waals surface area contributed by atoms with Gasteiger partial charge in [-0.15, -0.1) is 0 Å². The van der Waals surface area contributed by atoms with Crippen molar-refractivity contribution >= 4 is 40.6 Å². The smallest absolute Gasteiger partial charge is 0.270 e. The lowest BCUT2D eigenvalue weighted by Crippen LogP contribution is -2.39. The maximum absolute atomic E-state index is 5.75. The van der Waals surface area contributed by atoms with Gasteiger partial charge < -0.3 is 0 Å². The van der Waals surface area contributed by atoms with E-state index in [1.807, 2.05) is 0 Å². The molecule has 0 amide bonds. The zero-order valence-corrected chi connectivity index (χ0v) is 9.62. The number of hydrazone groups is 1. The maximum atomic E-state index is 5.75. The van der Waals surface area contributed by atoms with E-state index in [2.05, 4.69) is 17.5 Å². The van der Waals surface area contributed by atoms with Gasteiger partial charge >= 0.3 is 0 Å². The molecular formula is C7H12Cl3N3. The Morgan fingerprint density at radius 2 is 2.23 bits per heavy atom. The number of rotatable bonds is 3. The molecule has 0 aromatic heterocycles. The van der Waals surface area contributed by atoms with Crippen LogP contribution in [0.4, 0.5) is 0 Å². The molecule has 0 atom stereocenters. The summed E-state index contributed by atoms with van der Waals surface area (Å²) in [5.74, 6) is 0.821. The van der Waals surface area contributed by atoms with Gasteiger partial charge in [-0.3, -0.25) is 10.3 Å². The molecule has 3 nitrogen and oxygen atoms in total. The Morgan fingerprint density at radius 3 is 2.77 bits per heavy atom. The fraction of sp³-hybridized carbons (Fsp3) is 0.857. The quantitative estimate of drug-likeness (QED) is 0.611. The minimum atomic E-state index is -1.39. The molecule has 6 heteroatoms. The normalized spacial score (nSPS) is 17.2. The first-order valence-corrected chi connectivity index (χ1v) is 5.33. The second kappa shape index (κ2) is 4.58. The highest BCUT2D eigenvalue weighted by Crippen LogP contribution is 2.32. The van der Waals surface area contributed by atoms with Gasteiger partial charge in [0.2, 0.25) is 0 Å². The van der Waals surface area contributed by atoms with Gasteiger partial charge in [0.1, 0.15) is 12.5 Å². The molecule has 0 aliphatic carbocycles. The Kier molecular flexibility index (Phi) is 3.95. The van der Waals surface area contributed by atoms with Crippen molar-refractivity contribution in [2.45, 2.75) is 30.1 Å². The molecule has 13 heavy (non-hydrogen) atoms. The van der Waals surface area contributed by atoms with E-state index in [4.69, 9.17) is 34.8 Å². The average molecular weight is 245 g/mol. The average Bonchev–Trinajstić information content (AvgIpc) is 2.47. The molecule has 1 N–H and O–H groups in total. The molecule has 1 rings (SSSR count). The summed E-state index contributed by atoms with van der Waals surface area (Å²) in [5, 5.41) is 4.06. The van der Waals surface area contributed by atoms with Crippen LogP contribution in [0, 0.1) is 0 Å². The number of alkyl halides is 3. The first kappa shape index (κ1) is 11.2. The fourth-order valence-electron chi connectivity index (χ4n) is 1.11. The third kappa shape index (κ3) is 3.08. The van der Waals surface area contributed by atoms with Gasteiger partial charge in [-0.1, -0.05) is 48.1 Å². The Morgan fingerprint density at radius 1 is 1.54 bits per heavy atom. The van der Waals surface area contributed by atoms with Crippen molar-refractivity contribution in [2.75, 3.05) is 6.67 Å². The van der Waals surface area contributed by atoms with Gasteiger partial charge in [0.15, 0.2) is 0 Å². The third-order valence-corrected chi connectivity index (χ3v) is 2.42. The number of hydrogen-bond acceptors (Lipinski definition) is 3. The van der Waals surface area contributed by atoms with E-state index in [-0.39, 0.29) is 0 Å². The van der Waals surface area contributed by atoms with Crippen LogP contribution in [0.25, 0.3) is 0 Å². The predicted molar refractivity (Wildman–Crippen MR) is 57.1 cm³/mol. The van der Waals surface area contributed by atoms with Crippen molar-refractivity contribution in [3.63, 3.8) is 0 Å². The standard InChI is InChI=1S/C7H12Cl3N3/c1-2-3-4-6-12-11-5-13(6)7(8,9)10/h11H,2-5H2,1H3. The number of nitrogens with zero attached hydrogens (tertiary/aromatic N) is 2. The Hall–Kier alpha value is 0.140. The summed E-state index contributed by atoms with van der Waals surface area (Å²) in [4.78, 5) is 1.63. The number of amidine groups is 1. The van der Waals surface area contributed by atoms with Gasteiger partial charge in [-0.25, -0.2) is 0 Å². The van der Waals surface area contributed by atoms with Crippen molar-refractivity contribution < 1.29 is 0 Å². The first-order chi connectivity index (χ1) is 6.05. The molecule has 0 aromatic carbocycles. The number of hydrogen-bond donors (Lipinski definition) is 1. The van der Waals surface area contributed by atoms with Crippen LogP contribution in [-0.4, -0.2) is 21.3 Å². The highest BCUT2D eigenvalue weighted by atomic mass is 35.6. The second-order valence-corrected chi connectivity index (χ2v) is 5.07. The zero-order valence-electron chi connectivity index (χ0n) is 7.36. The van der Waals surface area contributed by atoms with Gasteiger partial charge in [0.25, 0.3) is 3.92 Å². The summed E-state index contributed by atoms with van der Waals surface area (Å²) in [6.07, 6.45) is 3.00. The van der Waals surface area contributed by atoms with Crippen LogP contribution in [0.5, 0.6) is 0 Å². The van der Waals surface area contributed by atoms with Gasteiger partial charge in [0, 0.05) is 6.42 Å². The fourth-order valence-corrected chi connectivity index (χ4v) is 1.58. The predicted octanol–water partition coefficient (Wildman–Crippen LogP) is 2.68. The summed E-state index contributed by atoms with van der Waals surface area (Å²) in [7, 11) is 0. The highest BCUT2D eigenvalue weighted by molar-refractivity contribution is 6.67. The minimum absolute atomic E-state index is 0.468. The molecule has 1 heterocycles. The number of unbranched alkanes of at least 4 members (excludes halogenated alkanes) is 1. The van der Waals surface area contributed by atoms with E-state index in [0.29, 0.717) is 6.67 Å². The van der Waals surface area contributed by atoms with E-state index in [1.54, 1.807) is 4.90 Å². The molecule has 0 radical (unpaired) electrons. The molecule has 76 valence electrons. The molecule has 0 saturated heterocycles. The molecule has 1 aliphatic rings. The van der Waals surface area contributed by atoms with E-state index in [1.165, 1.54) is 0 Å². The monoisotopic (exact) mass is 243 g/mol. The van der Waals surface area contributed by atoms with E-state index < -0.39 is 3.92 Å². The second-order valence-electron chi connectivity index (χ2n) is 2.84. The van der Waals surface area contributed by atoms with Gasteiger partial charge in [-0.05, 0) is 6.42 Å². The van der Waals surface area contributed by atoms with E-state index in [0.717, 1.165) is 25.1 Å². The Bertz CT molecular complexity index is 200. The minimum Gasteiger partial charge on any atom is -0.295 e. The lowest BCUT2D eigenvalue weighted by molar-refractivity contribution is 0.424. The van der Waals surface area contributed by atoms with E-state index in [9.17, 15) is 0 Å². The van der Waals surface area contributed by atoms with Crippen LogP contribution in [0.2, 0.25) is 0 Å². The lowest BCUT2D eigenvalue weighted by Gasteiger charge is -2.26. The largest absolute Gasteiger partial charge is 0.295 e. The van der Waals surface area contributed by atoms with Crippen molar-refractivity contribution in [2.24, 2.45) is 5.10 Å². The van der Waals surface area contributed by atoms with Crippen LogP contribution < -0.4 is 5.43 Å². The van der Waals surface area contributed by atoms with Crippen molar-refractivity contribution in [1.82, 2.24) is 10.3 Å². The molecule has 1 aliphatic heterocycles. The van der Waals surface area contributed by atoms with Crippen LogP contribution in [0.3, 0.4) is 0 Å². The van der Waals surface area contributed by atoms with Gasteiger partial charge in [-0.2, -0.15) is 5.10 Å². The van der Waals surface area contributed by atoms with Crippen LogP contribution >= 0.6 is 34.8 Å². The van der Waals surface area contributed by atoms with E-state index >= 15 is 0 Å². The molecule has 0 spiro atoms. The van der Waals surface area contributed by atoms with Crippen LogP contribution in [-0.2, 0) is 0 Å².